The first kappa shape index (κ1) is 9.83. The number of anilines is 1. The van der Waals surface area contributed by atoms with Gasteiger partial charge in [-0.25, -0.2) is 0 Å². The molecule has 1 aromatic heterocycles. The van der Waals surface area contributed by atoms with Crippen molar-refractivity contribution in [1.82, 2.24) is 0 Å². The molecule has 1 heterocycles. The number of aliphatic hydroxyl groups is 1. The average molecular weight is 225 g/mol. The van der Waals surface area contributed by atoms with Crippen LogP contribution in [0.4, 0.5) is 5.69 Å². The molecule has 0 aliphatic rings. The van der Waals surface area contributed by atoms with Gasteiger partial charge < -0.3 is 10.8 Å². The van der Waals surface area contributed by atoms with Gasteiger partial charge >= 0.3 is 0 Å². The standard InChI is InChI=1S/C10H11NOS2/c1-13-10-8(11)3-2-7-6(4-12)5-14-9(7)10/h2-3,5,12H,4,11H2,1H3. The van der Waals surface area contributed by atoms with Crippen LogP contribution >= 0.6 is 23.1 Å². The fraction of sp³-hybridized carbons (Fsp3) is 0.200. The van der Waals surface area contributed by atoms with Gasteiger partial charge in [-0.3, -0.25) is 0 Å². The molecule has 4 heteroatoms. The van der Waals surface area contributed by atoms with Crippen LogP contribution in [0.25, 0.3) is 10.1 Å². The van der Waals surface area contributed by atoms with E-state index in [1.54, 1.807) is 23.1 Å². The van der Waals surface area contributed by atoms with E-state index < -0.39 is 0 Å². The smallest absolute Gasteiger partial charge is 0.0696 e. The number of nitrogen functional groups attached to an aromatic ring is 1. The molecule has 14 heavy (non-hydrogen) atoms. The summed E-state index contributed by atoms with van der Waals surface area (Å²) in [6, 6.07) is 3.88. The zero-order valence-electron chi connectivity index (χ0n) is 7.78. The number of fused-ring (bicyclic) bond motifs is 1. The van der Waals surface area contributed by atoms with Crippen molar-refractivity contribution in [1.29, 1.82) is 0 Å². The van der Waals surface area contributed by atoms with Crippen LogP contribution in [0.3, 0.4) is 0 Å². The van der Waals surface area contributed by atoms with Gasteiger partial charge in [-0.2, -0.15) is 0 Å². The fourth-order valence-corrected chi connectivity index (χ4v) is 3.48. The molecule has 2 rings (SSSR count). The molecule has 0 aliphatic heterocycles. The number of aliphatic hydroxyl groups excluding tert-OH is 1. The second-order valence-electron chi connectivity index (χ2n) is 2.98. The van der Waals surface area contributed by atoms with E-state index in [0.717, 1.165) is 21.5 Å². The average Bonchev–Trinajstić information content (AvgIpc) is 2.60. The highest BCUT2D eigenvalue weighted by Gasteiger charge is 2.09. The third-order valence-electron chi connectivity index (χ3n) is 2.18. The SMILES string of the molecule is CSc1c(N)ccc2c(CO)csc12. The van der Waals surface area contributed by atoms with Crippen LogP contribution in [-0.4, -0.2) is 11.4 Å². The maximum absolute atomic E-state index is 9.13. The van der Waals surface area contributed by atoms with Crippen molar-refractivity contribution in [2.45, 2.75) is 11.5 Å². The van der Waals surface area contributed by atoms with Crippen LogP contribution in [0, 0.1) is 0 Å². The van der Waals surface area contributed by atoms with Crippen LogP contribution in [0.5, 0.6) is 0 Å². The topological polar surface area (TPSA) is 46.2 Å². The first-order valence-electron chi connectivity index (χ1n) is 4.21. The number of hydrogen-bond acceptors (Lipinski definition) is 4. The maximum atomic E-state index is 9.13. The third kappa shape index (κ3) is 1.39. The van der Waals surface area contributed by atoms with Gasteiger partial charge in [0.1, 0.15) is 0 Å². The Morgan fingerprint density at radius 3 is 2.93 bits per heavy atom. The van der Waals surface area contributed by atoms with E-state index in [0.29, 0.717) is 0 Å². The molecule has 0 aliphatic carbocycles. The maximum Gasteiger partial charge on any atom is 0.0696 e. The first-order chi connectivity index (χ1) is 6.77. The van der Waals surface area contributed by atoms with Gasteiger partial charge in [0.2, 0.25) is 0 Å². The van der Waals surface area contributed by atoms with Gasteiger partial charge in [0.15, 0.2) is 0 Å². The minimum absolute atomic E-state index is 0.0950. The van der Waals surface area contributed by atoms with E-state index in [4.69, 9.17) is 10.8 Å². The summed E-state index contributed by atoms with van der Waals surface area (Å²) in [5.41, 5.74) is 7.67. The molecule has 0 spiro atoms. The molecule has 0 bridgehead atoms. The van der Waals surface area contributed by atoms with E-state index >= 15 is 0 Å². The lowest BCUT2D eigenvalue weighted by Crippen LogP contribution is -1.88. The first-order valence-corrected chi connectivity index (χ1v) is 6.31. The Morgan fingerprint density at radius 2 is 2.29 bits per heavy atom. The molecule has 74 valence electrons. The highest BCUT2D eigenvalue weighted by Crippen LogP contribution is 2.37. The molecule has 0 saturated carbocycles. The Hall–Kier alpha value is -0.710. The Balaban J connectivity index is 2.76. The van der Waals surface area contributed by atoms with Crippen molar-refractivity contribution in [2.75, 3.05) is 12.0 Å². The summed E-state index contributed by atoms with van der Waals surface area (Å²) in [4.78, 5) is 1.12. The van der Waals surface area contributed by atoms with E-state index in [9.17, 15) is 0 Å². The summed E-state index contributed by atoms with van der Waals surface area (Å²) in [5, 5.41) is 12.2. The Bertz CT molecular complexity index is 464. The zero-order chi connectivity index (χ0) is 10.1. The summed E-state index contributed by atoms with van der Waals surface area (Å²) in [5.74, 6) is 0. The Kier molecular flexibility index (Phi) is 2.67. The summed E-state index contributed by atoms with van der Waals surface area (Å²) in [6.45, 7) is 0.0950. The molecule has 3 N–H and O–H groups in total. The number of rotatable bonds is 2. The van der Waals surface area contributed by atoms with E-state index in [2.05, 4.69) is 0 Å². The van der Waals surface area contributed by atoms with Crippen molar-refractivity contribution in [3.63, 3.8) is 0 Å². The molecule has 2 nitrogen and oxygen atoms in total. The number of nitrogens with two attached hydrogens (primary N) is 1. The monoisotopic (exact) mass is 225 g/mol. The van der Waals surface area contributed by atoms with Gasteiger partial charge in [-0.05, 0) is 28.7 Å². The lowest BCUT2D eigenvalue weighted by molar-refractivity contribution is 0.284. The van der Waals surface area contributed by atoms with Gasteiger partial charge in [0.25, 0.3) is 0 Å². The van der Waals surface area contributed by atoms with Crippen molar-refractivity contribution in [3.8, 4) is 0 Å². The number of thiophene rings is 1. The minimum atomic E-state index is 0.0950. The molecule has 0 radical (unpaired) electrons. The van der Waals surface area contributed by atoms with Crippen molar-refractivity contribution < 1.29 is 5.11 Å². The van der Waals surface area contributed by atoms with Crippen LogP contribution < -0.4 is 5.73 Å². The highest BCUT2D eigenvalue weighted by atomic mass is 32.2. The van der Waals surface area contributed by atoms with Gasteiger partial charge in [0, 0.05) is 10.6 Å². The lowest BCUT2D eigenvalue weighted by Gasteiger charge is -2.03. The van der Waals surface area contributed by atoms with Crippen LogP contribution in [0.15, 0.2) is 22.4 Å². The quantitative estimate of drug-likeness (QED) is 0.610. The van der Waals surface area contributed by atoms with Crippen molar-refractivity contribution in [2.24, 2.45) is 0 Å². The van der Waals surface area contributed by atoms with E-state index in [1.165, 1.54) is 4.70 Å². The second-order valence-corrected chi connectivity index (χ2v) is 4.68. The summed E-state index contributed by atoms with van der Waals surface area (Å²) in [6.07, 6.45) is 2.02. The Labute approximate surface area is 90.7 Å². The van der Waals surface area contributed by atoms with E-state index in [1.807, 2.05) is 23.8 Å². The molecule has 2 aromatic rings. The van der Waals surface area contributed by atoms with Crippen LogP contribution in [0.2, 0.25) is 0 Å². The predicted octanol–water partition coefficient (Wildman–Crippen LogP) is 2.70. The zero-order valence-corrected chi connectivity index (χ0v) is 9.41. The summed E-state index contributed by atoms with van der Waals surface area (Å²) in [7, 11) is 0. The predicted molar refractivity (Wildman–Crippen MR) is 63.9 cm³/mol. The van der Waals surface area contributed by atoms with Crippen LogP contribution in [-0.2, 0) is 6.61 Å². The largest absolute Gasteiger partial charge is 0.398 e. The Morgan fingerprint density at radius 1 is 1.50 bits per heavy atom. The molecular formula is C10H11NOS2. The second kappa shape index (κ2) is 3.81. The molecular weight excluding hydrogens is 214 g/mol. The molecule has 1 aromatic carbocycles. The highest BCUT2D eigenvalue weighted by molar-refractivity contribution is 7.99. The summed E-state index contributed by atoms with van der Waals surface area (Å²) >= 11 is 3.30. The summed E-state index contributed by atoms with van der Waals surface area (Å²) < 4.78 is 1.18. The number of benzene rings is 1. The minimum Gasteiger partial charge on any atom is -0.398 e. The van der Waals surface area contributed by atoms with Gasteiger partial charge in [0.05, 0.1) is 11.3 Å². The van der Waals surface area contributed by atoms with Crippen molar-refractivity contribution >= 4 is 38.9 Å². The van der Waals surface area contributed by atoms with Crippen LogP contribution in [0.1, 0.15) is 5.56 Å². The number of hydrogen-bond donors (Lipinski definition) is 2. The molecule has 0 amide bonds. The molecule has 0 fully saturated rings. The lowest BCUT2D eigenvalue weighted by atomic mass is 10.2. The molecule has 0 saturated heterocycles. The fourth-order valence-electron chi connectivity index (χ4n) is 1.47. The van der Waals surface area contributed by atoms with Crippen molar-refractivity contribution in [3.05, 3.63) is 23.1 Å². The van der Waals surface area contributed by atoms with Gasteiger partial charge in [-0.15, -0.1) is 23.1 Å². The normalized spacial score (nSPS) is 11.0. The molecule has 0 unspecified atom stereocenters. The van der Waals surface area contributed by atoms with E-state index in [-0.39, 0.29) is 6.61 Å². The molecule has 0 atom stereocenters. The number of thioether (sulfide) groups is 1. The third-order valence-corrected chi connectivity index (χ3v) is 4.22. The van der Waals surface area contributed by atoms with Gasteiger partial charge in [-0.1, -0.05) is 6.07 Å².